The minimum absolute atomic E-state index is 0.792. The first-order chi connectivity index (χ1) is 4.11. The van der Waals surface area contributed by atoms with Crippen LogP contribution >= 0.6 is 10.5 Å². The van der Waals surface area contributed by atoms with Crippen molar-refractivity contribution in [3.8, 4) is 0 Å². The first-order valence-corrected chi connectivity index (χ1v) is 3.31. The first-order valence-electron chi connectivity index (χ1n) is 1.96. The van der Waals surface area contributed by atoms with Crippen molar-refractivity contribution in [1.29, 1.82) is 0 Å². The van der Waals surface area contributed by atoms with Crippen molar-refractivity contribution in [1.82, 2.24) is 10.2 Å². The lowest BCUT2D eigenvalue weighted by Crippen LogP contribution is -1.93. The zero-order chi connectivity index (χ0) is 6.91. The quantitative estimate of drug-likeness (QED) is 0.533. The summed E-state index contributed by atoms with van der Waals surface area (Å²) in [5.74, 6) is 0. The van der Waals surface area contributed by atoms with Crippen molar-refractivity contribution < 1.29 is 13.2 Å². The summed E-state index contributed by atoms with van der Waals surface area (Å²) < 4.78 is 34.8. The molecule has 0 aliphatic rings. The second-order valence-electron chi connectivity index (χ2n) is 1.26. The lowest BCUT2D eigenvalue weighted by molar-refractivity contribution is -0.0869. The Labute approximate surface area is 51.3 Å². The van der Waals surface area contributed by atoms with Gasteiger partial charge in [0, 0.05) is 0 Å². The molecular formula is C3H2F3N2S+. The van der Waals surface area contributed by atoms with Crippen molar-refractivity contribution in [2.45, 2.75) is 5.51 Å². The molecule has 0 bridgehead atoms. The number of halogens is 3. The Bertz CT molecular complexity index is 179. The van der Waals surface area contributed by atoms with Gasteiger partial charge in [-0.15, -0.1) is 13.2 Å². The van der Waals surface area contributed by atoms with Crippen LogP contribution in [0, 0.1) is 0 Å². The van der Waals surface area contributed by atoms with Gasteiger partial charge in [-0.2, -0.15) is 0 Å². The first kappa shape index (κ1) is 6.47. The minimum Gasteiger partial charge on any atom is -0.118 e. The molecule has 0 fully saturated rings. The maximum Gasteiger partial charge on any atom is 0.603 e. The molecule has 0 saturated carbocycles. The summed E-state index contributed by atoms with van der Waals surface area (Å²) in [6, 6.07) is 0. The second-order valence-corrected chi connectivity index (χ2v) is 2.89. The van der Waals surface area contributed by atoms with Crippen molar-refractivity contribution in [2.24, 2.45) is 0 Å². The molecule has 6 heteroatoms. The standard InChI is InChI=1S/C3H2F3N2S/c4-3(5,6)9-1-7-8-2-9/h1-2H/q+1. The maximum absolute atomic E-state index is 11.6. The Balaban J connectivity index is 2.90. The number of nitrogens with zero attached hydrogens (tertiary/aromatic N) is 2. The van der Waals surface area contributed by atoms with Crippen LogP contribution < -0.4 is 0 Å². The molecule has 0 aromatic carbocycles. The highest BCUT2D eigenvalue weighted by Gasteiger charge is 2.43. The Kier molecular flexibility index (Phi) is 1.40. The summed E-state index contributed by atoms with van der Waals surface area (Å²) in [6.45, 7) is 0. The van der Waals surface area contributed by atoms with E-state index in [1.54, 1.807) is 0 Å². The van der Waals surface area contributed by atoms with E-state index in [-0.39, 0.29) is 0 Å². The van der Waals surface area contributed by atoms with Crippen LogP contribution in [0.25, 0.3) is 0 Å². The molecular weight excluding hydrogens is 153 g/mol. The van der Waals surface area contributed by atoms with Gasteiger partial charge < -0.3 is 0 Å². The number of aromatic nitrogens is 2. The number of alkyl halides is 3. The van der Waals surface area contributed by atoms with Crippen LogP contribution in [0.4, 0.5) is 13.2 Å². The van der Waals surface area contributed by atoms with E-state index in [4.69, 9.17) is 0 Å². The molecule has 0 atom stereocenters. The van der Waals surface area contributed by atoms with Gasteiger partial charge in [-0.25, -0.2) is 0 Å². The predicted molar refractivity (Wildman–Crippen MR) is 25.8 cm³/mol. The average molecular weight is 155 g/mol. The average Bonchev–Trinajstić information content (AvgIpc) is 2.08. The smallest absolute Gasteiger partial charge is 0.118 e. The number of hydrogen-bond donors (Lipinski definition) is 0. The van der Waals surface area contributed by atoms with E-state index < -0.39 is 16.0 Å². The zero-order valence-corrected chi connectivity index (χ0v) is 4.91. The molecule has 9 heavy (non-hydrogen) atoms. The van der Waals surface area contributed by atoms with Gasteiger partial charge in [0.1, 0.15) is 10.5 Å². The van der Waals surface area contributed by atoms with Crippen LogP contribution in [-0.4, -0.2) is 10.2 Å². The molecule has 1 aromatic heterocycles. The summed E-state index contributed by atoms with van der Waals surface area (Å²) in [4.78, 5) is 0. The summed E-state index contributed by atoms with van der Waals surface area (Å²) in [5, 5.41) is 6.14. The topological polar surface area (TPSA) is 25.8 Å². The predicted octanol–water partition coefficient (Wildman–Crippen LogP) is 1.70. The molecule has 50 valence electrons. The molecule has 0 radical (unpaired) electrons. The van der Waals surface area contributed by atoms with E-state index in [0.29, 0.717) is 0 Å². The third-order valence-electron chi connectivity index (χ3n) is 0.655. The van der Waals surface area contributed by atoms with Gasteiger partial charge in [-0.3, -0.25) is 0 Å². The van der Waals surface area contributed by atoms with Gasteiger partial charge in [0.15, 0.2) is 0 Å². The summed E-state index contributed by atoms with van der Waals surface area (Å²) >= 11 is 0. The minimum atomic E-state index is -4.19. The highest BCUT2D eigenvalue weighted by Crippen LogP contribution is 2.39. The molecule has 0 unspecified atom stereocenters. The van der Waals surface area contributed by atoms with Crippen LogP contribution in [-0.2, 0) is 5.51 Å². The van der Waals surface area contributed by atoms with Crippen molar-refractivity contribution in [3.05, 3.63) is 11.0 Å². The summed E-state index contributed by atoms with van der Waals surface area (Å²) in [5.41, 5.74) is -2.61. The third kappa shape index (κ3) is 1.38. The molecule has 1 heterocycles. The molecule has 1 rings (SSSR count). The third-order valence-corrected chi connectivity index (χ3v) is 1.83. The van der Waals surface area contributed by atoms with E-state index in [9.17, 15) is 13.2 Å². The molecule has 1 aromatic rings. The Hall–Kier alpha value is -0.650. The molecule has 0 spiro atoms. The fourth-order valence-electron chi connectivity index (χ4n) is 0.303. The SMILES string of the molecule is FC(F)(F)[s+]1cnnc1. The second kappa shape index (κ2) is 1.94. The highest BCUT2D eigenvalue weighted by molar-refractivity contribution is 7.28. The molecule has 0 amide bonds. The maximum atomic E-state index is 11.6. The van der Waals surface area contributed by atoms with Crippen LogP contribution in [0.3, 0.4) is 0 Å². The molecule has 0 aliphatic heterocycles. The van der Waals surface area contributed by atoms with Crippen molar-refractivity contribution in [3.63, 3.8) is 0 Å². The zero-order valence-electron chi connectivity index (χ0n) is 4.09. The van der Waals surface area contributed by atoms with Crippen LogP contribution in [0.5, 0.6) is 0 Å². The lowest BCUT2D eigenvalue weighted by atomic mass is 11.5. The van der Waals surface area contributed by atoms with Gasteiger partial charge in [-0.1, -0.05) is 10.2 Å². The Morgan fingerprint density at radius 3 is 1.78 bits per heavy atom. The van der Waals surface area contributed by atoms with E-state index >= 15 is 0 Å². The van der Waals surface area contributed by atoms with E-state index in [2.05, 4.69) is 10.2 Å². The van der Waals surface area contributed by atoms with Crippen molar-refractivity contribution >= 4 is 10.5 Å². The highest BCUT2D eigenvalue weighted by atomic mass is 32.2. The van der Waals surface area contributed by atoms with Gasteiger partial charge in [0.25, 0.3) is 11.0 Å². The number of hydrogen-bond acceptors (Lipinski definition) is 2. The number of rotatable bonds is 0. The summed E-state index contributed by atoms with van der Waals surface area (Å²) in [6.07, 6.45) is 0. The van der Waals surface area contributed by atoms with E-state index in [1.807, 2.05) is 0 Å². The van der Waals surface area contributed by atoms with Gasteiger partial charge in [0.05, 0.1) is 0 Å². The van der Waals surface area contributed by atoms with E-state index in [0.717, 1.165) is 11.0 Å². The summed E-state index contributed by atoms with van der Waals surface area (Å²) in [7, 11) is -1.83. The van der Waals surface area contributed by atoms with Gasteiger partial charge in [-0.05, 0) is 0 Å². The Morgan fingerprint density at radius 1 is 1.11 bits per heavy atom. The largest absolute Gasteiger partial charge is 0.603 e. The fourth-order valence-corrected chi connectivity index (χ4v) is 0.908. The van der Waals surface area contributed by atoms with Crippen molar-refractivity contribution in [2.75, 3.05) is 0 Å². The lowest BCUT2D eigenvalue weighted by Gasteiger charge is -1.87. The van der Waals surface area contributed by atoms with Gasteiger partial charge in [0.2, 0.25) is 0 Å². The van der Waals surface area contributed by atoms with E-state index in [1.165, 1.54) is 0 Å². The van der Waals surface area contributed by atoms with Gasteiger partial charge >= 0.3 is 5.51 Å². The van der Waals surface area contributed by atoms with Crippen LogP contribution in [0.1, 0.15) is 0 Å². The normalized spacial score (nSPS) is 11.9. The fraction of sp³-hybridized carbons (Fsp3) is 0.333. The van der Waals surface area contributed by atoms with Crippen LogP contribution in [0.2, 0.25) is 0 Å². The molecule has 0 saturated heterocycles. The molecule has 0 aliphatic carbocycles. The van der Waals surface area contributed by atoms with Crippen LogP contribution in [0.15, 0.2) is 11.0 Å². The molecule has 0 N–H and O–H groups in total. The molecule has 2 nitrogen and oxygen atoms in total. The monoisotopic (exact) mass is 155 g/mol. The Morgan fingerprint density at radius 2 is 1.56 bits per heavy atom.